The van der Waals surface area contributed by atoms with Crippen LogP contribution in [0.3, 0.4) is 0 Å². The third-order valence-corrected chi connectivity index (χ3v) is 5.50. The van der Waals surface area contributed by atoms with Crippen LogP contribution in [-0.2, 0) is 11.3 Å². The van der Waals surface area contributed by atoms with E-state index >= 15 is 0 Å². The molecular formula is C28H29N3O4. The van der Waals surface area contributed by atoms with Gasteiger partial charge in [-0.3, -0.25) is 9.59 Å². The van der Waals surface area contributed by atoms with Crippen LogP contribution in [-0.4, -0.2) is 29.6 Å². The predicted octanol–water partition coefficient (Wildman–Crippen LogP) is 5.72. The Morgan fingerprint density at radius 2 is 1.43 bits per heavy atom. The summed E-state index contributed by atoms with van der Waals surface area (Å²) in [6, 6.07) is 22.4. The number of aromatic nitrogens is 1. The molecule has 0 unspecified atom stereocenters. The van der Waals surface area contributed by atoms with Gasteiger partial charge in [0.05, 0.1) is 24.6 Å². The first-order valence-corrected chi connectivity index (χ1v) is 11.7. The van der Waals surface area contributed by atoms with E-state index in [-0.39, 0.29) is 11.8 Å². The Morgan fingerprint density at radius 3 is 2.11 bits per heavy atom. The van der Waals surface area contributed by atoms with Gasteiger partial charge < -0.3 is 24.7 Å². The summed E-state index contributed by atoms with van der Waals surface area (Å²) >= 11 is 0. The Hall–Kier alpha value is -4.26. The molecule has 0 saturated carbocycles. The predicted molar refractivity (Wildman–Crippen MR) is 138 cm³/mol. The molecule has 0 aliphatic carbocycles. The molecule has 3 aromatic carbocycles. The van der Waals surface area contributed by atoms with Crippen LogP contribution in [0.15, 0.2) is 79.0 Å². The second kappa shape index (κ2) is 11.2. The summed E-state index contributed by atoms with van der Waals surface area (Å²) in [6.07, 6.45) is 2.28. The fraction of sp³-hybridized carbons (Fsp3) is 0.214. The molecule has 0 spiro atoms. The standard InChI is InChI=1S/C28H29N3O4/c1-3-34-25-19-23(30-28(33)21-11-6-5-7-12-21)26(35-4-2)18-22(25)29-27(32)15-17-31-16-14-20-10-8-9-13-24(20)31/h5-14,16,18-19H,3-4,15,17H2,1-2H3,(H,29,32)(H,30,33). The van der Waals surface area contributed by atoms with Gasteiger partial charge in [-0.05, 0) is 43.5 Å². The maximum Gasteiger partial charge on any atom is 0.255 e. The van der Waals surface area contributed by atoms with Gasteiger partial charge in [-0.25, -0.2) is 0 Å². The maximum atomic E-state index is 12.8. The van der Waals surface area contributed by atoms with E-state index in [0.717, 1.165) is 10.9 Å². The Morgan fingerprint density at radius 1 is 0.800 bits per heavy atom. The van der Waals surface area contributed by atoms with E-state index in [1.807, 2.05) is 56.4 Å². The molecule has 0 fully saturated rings. The van der Waals surface area contributed by atoms with Gasteiger partial charge in [0, 0.05) is 42.4 Å². The van der Waals surface area contributed by atoms with Gasteiger partial charge in [0.25, 0.3) is 5.91 Å². The number of hydrogen-bond donors (Lipinski definition) is 2. The molecule has 0 atom stereocenters. The van der Waals surface area contributed by atoms with Gasteiger partial charge in [0.2, 0.25) is 5.91 Å². The third kappa shape index (κ3) is 5.81. The minimum atomic E-state index is -0.260. The molecule has 180 valence electrons. The zero-order valence-electron chi connectivity index (χ0n) is 19.9. The molecule has 0 radical (unpaired) electrons. The summed E-state index contributed by atoms with van der Waals surface area (Å²) in [5.74, 6) is 0.503. The van der Waals surface area contributed by atoms with E-state index in [9.17, 15) is 9.59 Å². The highest BCUT2D eigenvalue weighted by Crippen LogP contribution is 2.37. The summed E-state index contributed by atoms with van der Waals surface area (Å²) < 4.78 is 13.6. The van der Waals surface area contributed by atoms with Crippen LogP contribution in [0.5, 0.6) is 11.5 Å². The topological polar surface area (TPSA) is 81.6 Å². The Bertz CT molecular complexity index is 1310. The van der Waals surface area contributed by atoms with Crippen LogP contribution in [0, 0.1) is 0 Å². The van der Waals surface area contributed by atoms with Crippen molar-refractivity contribution in [3.05, 3.63) is 84.6 Å². The molecule has 0 aliphatic heterocycles. The number of fused-ring (bicyclic) bond motifs is 1. The molecule has 0 saturated heterocycles. The van der Waals surface area contributed by atoms with Crippen molar-refractivity contribution < 1.29 is 19.1 Å². The molecule has 2 amide bonds. The highest BCUT2D eigenvalue weighted by atomic mass is 16.5. The summed E-state index contributed by atoms with van der Waals surface area (Å²) in [5, 5.41) is 6.98. The van der Waals surface area contributed by atoms with Crippen molar-refractivity contribution in [3.8, 4) is 11.5 Å². The molecule has 0 bridgehead atoms. The van der Waals surface area contributed by atoms with Crippen molar-refractivity contribution in [2.45, 2.75) is 26.8 Å². The molecule has 35 heavy (non-hydrogen) atoms. The summed E-state index contributed by atoms with van der Waals surface area (Å²) in [4.78, 5) is 25.5. The summed E-state index contributed by atoms with van der Waals surface area (Å²) in [5.41, 5.74) is 2.59. The van der Waals surface area contributed by atoms with Crippen molar-refractivity contribution >= 4 is 34.1 Å². The minimum Gasteiger partial charge on any atom is -0.492 e. The van der Waals surface area contributed by atoms with Crippen molar-refractivity contribution in [2.24, 2.45) is 0 Å². The van der Waals surface area contributed by atoms with E-state index < -0.39 is 0 Å². The zero-order chi connectivity index (χ0) is 24.6. The number of nitrogens with one attached hydrogen (secondary N) is 2. The summed E-state index contributed by atoms with van der Waals surface area (Å²) in [6.45, 7) is 5.07. The smallest absolute Gasteiger partial charge is 0.255 e. The number of benzene rings is 3. The van der Waals surface area contributed by atoms with E-state index in [4.69, 9.17) is 9.47 Å². The monoisotopic (exact) mass is 471 g/mol. The van der Waals surface area contributed by atoms with Gasteiger partial charge in [0.15, 0.2) is 0 Å². The number of amides is 2. The van der Waals surface area contributed by atoms with Crippen molar-refractivity contribution in [1.29, 1.82) is 0 Å². The number of carbonyl (C=O) groups is 2. The van der Waals surface area contributed by atoms with Crippen LogP contribution in [0.1, 0.15) is 30.6 Å². The largest absolute Gasteiger partial charge is 0.492 e. The molecule has 4 rings (SSSR count). The average Bonchev–Trinajstić information content (AvgIpc) is 3.29. The van der Waals surface area contributed by atoms with Crippen molar-refractivity contribution in [2.75, 3.05) is 23.8 Å². The van der Waals surface area contributed by atoms with Gasteiger partial charge >= 0.3 is 0 Å². The van der Waals surface area contributed by atoms with Crippen LogP contribution < -0.4 is 20.1 Å². The third-order valence-electron chi connectivity index (χ3n) is 5.50. The Kier molecular flexibility index (Phi) is 7.67. The minimum absolute atomic E-state index is 0.146. The first-order valence-electron chi connectivity index (χ1n) is 11.7. The Balaban J connectivity index is 1.52. The molecule has 1 heterocycles. The number of hydrogen-bond acceptors (Lipinski definition) is 4. The fourth-order valence-electron chi connectivity index (χ4n) is 3.86. The average molecular weight is 472 g/mol. The number of nitrogens with zero attached hydrogens (tertiary/aromatic N) is 1. The maximum absolute atomic E-state index is 12.8. The quantitative estimate of drug-likeness (QED) is 0.310. The number of aryl methyl sites for hydroxylation is 1. The van der Waals surface area contributed by atoms with Crippen LogP contribution in [0.2, 0.25) is 0 Å². The van der Waals surface area contributed by atoms with Gasteiger partial charge in [-0.1, -0.05) is 36.4 Å². The van der Waals surface area contributed by atoms with Crippen LogP contribution >= 0.6 is 0 Å². The highest BCUT2D eigenvalue weighted by molar-refractivity contribution is 6.05. The summed E-state index contributed by atoms with van der Waals surface area (Å²) in [7, 11) is 0. The normalized spacial score (nSPS) is 10.7. The molecule has 2 N–H and O–H groups in total. The van der Waals surface area contributed by atoms with Crippen LogP contribution in [0.25, 0.3) is 10.9 Å². The number of anilines is 2. The lowest BCUT2D eigenvalue weighted by Gasteiger charge is -2.18. The second-order valence-electron chi connectivity index (χ2n) is 7.90. The SMILES string of the molecule is CCOc1cc(NC(=O)c2ccccc2)c(OCC)cc1NC(=O)CCn1ccc2ccccc21. The van der Waals surface area contributed by atoms with Gasteiger partial charge in [-0.2, -0.15) is 0 Å². The lowest BCUT2D eigenvalue weighted by Crippen LogP contribution is -2.16. The number of carbonyl (C=O) groups excluding carboxylic acids is 2. The van der Waals surface area contributed by atoms with Gasteiger partial charge in [0.1, 0.15) is 11.5 Å². The van der Waals surface area contributed by atoms with Gasteiger partial charge in [-0.15, -0.1) is 0 Å². The molecule has 7 nitrogen and oxygen atoms in total. The lowest BCUT2D eigenvalue weighted by atomic mass is 10.2. The molecule has 7 heteroatoms. The van der Waals surface area contributed by atoms with E-state index in [1.165, 1.54) is 0 Å². The zero-order valence-corrected chi connectivity index (χ0v) is 19.9. The highest BCUT2D eigenvalue weighted by Gasteiger charge is 2.17. The molecule has 4 aromatic rings. The lowest BCUT2D eigenvalue weighted by molar-refractivity contribution is -0.116. The Labute approximate surface area is 204 Å². The van der Waals surface area contributed by atoms with Crippen molar-refractivity contribution in [1.82, 2.24) is 4.57 Å². The number of ether oxygens (including phenoxy) is 2. The first-order chi connectivity index (χ1) is 17.1. The second-order valence-corrected chi connectivity index (χ2v) is 7.90. The van der Waals surface area contributed by atoms with E-state index in [1.54, 1.807) is 36.4 Å². The number of rotatable bonds is 10. The molecular weight excluding hydrogens is 442 g/mol. The molecule has 1 aromatic heterocycles. The van der Waals surface area contributed by atoms with Crippen molar-refractivity contribution in [3.63, 3.8) is 0 Å². The number of para-hydroxylation sites is 1. The van der Waals surface area contributed by atoms with E-state index in [0.29, 0.717) is 54.6 Å². The van der Waals surface area contributed by atoms with Crippen LogP contribution in [0.4, 0.5) is 11.4 Å². The fourth-order valence-corrected chi connectivity index (χ4v) is 3.86. The molecule has 0 aliphatic rings. The van der Waals surface area contributed by atoms with E-state index in [2.05, 4.69) is 15.2 Å². The first kappa shape index (κ1) is 23.9.